The second-order valence-electron chi connectivity index (χ2n) is 4.54. The predicted molar refractivity (Wildman–Crippen MR) is 60.0 cm³/mol. The van der Waals surface area contributed by atoms with Crippen LogP contribution in [0.4, 0.5) is 23.7 Å². The first-order chi connectivity index (χ1) is 8.11. The molecule has 0 aliphatic carbocycles. The summed E-state index contributed by atoms with van der Waals surface area (Å²) < 4.78 is 43.3. The summed E-state index contributed by atoms with van der Waals surface area (Å²) in [4.78, 5) is 11.2. The highest BCUT2D eigenvalue weighted by Crippen LogP contribution is 2.30. The first-order valence-corrected chi connectivity index (χ1v) is 5.17. The van der Waals surface area contributed by atoms with Crippen LogP contribution < -0.4 is 4.90 Å². The molecule has 1 rings (SSSR count). The summed E-state index contributed by atoms with van der Waals surface area (Å²) in [5.41, 5.74) is -1.31. The summed E-state index contributed by atoms with van der Waals surface area (Å²) in [6.07, 6.45) is -6.30. The number of hydrogen-bond donors (Lipinski definition) is 0. The van der Waals surface area contributed by atoms with Gasteiger partial charge in [-0.3, -0.25) is 0 Å². The fraction of sp³-hybridized carbons (Fsp3) is 0.417. The highest BCUT2D eigenvalue weighted by Gasteiger charge is 2.44. The van der Waals surface area contributed by atoms with Crippen LogP contribution in [0.3, 0.4) is 0 Å². The summed E-state index contributed by atoms with van der Waals surface area (Å²) in [5, 5.41) is 0. The second kappa shape index (κ2) is 4.88. The van der Waals surface area contributed by atoms with Gasteiger partial charge >= 0.3 is 12.4 Å². The molecular formula is C12H13F3NO2. The average Bonchev–Trinajstić information content (AvgIpc) is 2.13. The van der Waals surface area contributed by atoms with E-state index in [4.69, 9.17) is 4.74 Å². The van der Waals surface area contributed by atoms with Gasteiger partial charge < -0.3 is 4.74 Å². The van der Waals surface area contributed by atoms with E-state index in [-0.39, 0.29) is 10.6 Å². The van der Waals surface area contributed by atoms with Crippen molar-refractivity contribution in [2.24, 2.45) is 0 Å². The van der Waals surface area contributed by atoms with E-state index in [0.717, 1.165) is 12.1 Å². The summed E-state index contributed by atoms with van der Waals surface area (Å²) >= 11 is 0. The summed E-state index contributed by atoms with van der Waals surface area (Å²) in [5.74, 6) is 0. The zero-order valence-corrected chi connectivity index (χ0v) is 10.2. The Morgan fingerprint density at radius 3 is 2.11 bits per heavy atom. The molecule has 6 heteroatoms. The fourth-order valence-corrected chi connectivity index (χ4v) is 1.19. The molecule has 0 spiro atoms. The highest BCUT2D eigenvalue weighted by atomic mass is 19.4. The monoisotopic (exact) mass is 260 g/mol. The van der Waals surface area contributed by atoms with Gasteiger partial charge in [-0.15, -0.1) is 13.2 Å². The molecule has 0 bridgehead atoms. The largest absolute Gasteiger partial charge is 0.494 e. The third-order valence-corrected chi connectivity index (χ3v) is 1.79. The molecule has 18 heavy (non-hydrogen) atoms. The molecule has 1 aromatic carbocycles. The number of hydrogen-bond acceptors (Lipinski definition) is 2. The zero-order valence-electron chi connectivity index (χ0n) is 10.2. The van der Waals surface area contributed by atoms with E-state index in [1.807, 2.05) is 0 Å². The Kier molecular flexibility index (Phi) is 3.88. The lowest BCUT2D eigenvalue weighted by Crippen LogP contribution is -2.45. The summed E-state index contributed by atoms with van der Waals surface area (Å²) in [6.45, 7) is 4.49. The van der Waals surface area contributed by atoms with Crippen LogP contribution in [0.15, 0.2) is 24.3 Å². The number of halogens is 3. The minimum Gasteiger partial charge on any atom is -0.443 e. The van der Waals surface area contributed by atoms with Gasteiger partial charge in [0.05, 0.1) is 5.69 Å². The van der Waals surface area contributed by atoms with Gasteiger partial charge in [-0.1, -0.05) is 12.1 Å². The number of nitrogens with zero attached hydrogens (tertiary/aromatic N) is 1. The van der Waals surface area contributed by atoms with E-state index in [1.165, 1.54) is 32.9 Å². The van der Waals surface area contributed by atoms with Crippen LogP contribution in [0.2, 0.25) is 0 Å². The van der Waals surface area contributed by atoms with Crippen molar-refractivity contribution >= 4 is 11.8 Å². The SMILES string of the molecule is CC(C)(C)OC(=O)N(c1cc[c]cc1)C(F)(F)F. The Hall–Kier alpha value is -1.72. The van der Waals surface area contributed by atoms with Gasteiger partial charge in [0.1, 0.15) is 5.60 Å². The smallest absolute Gasteiger partial charge is 0.443 e. The zero-order chi connectivity index (χ0) is 14.0. The molecule has 0 atom stereocenters. The Balaban J connectivity index is 3.05. The van der Waals surface area contributed by atoms with Gasteiger partial charge in [-0.05, 0) is 39.0 Å². The molecule has 0 saturated heterocycles. The molecule has 3 nitrogen and oxygen atoms in total. The first-order valence-electron chi connectivity index (χ1n) is 5.17. The Labute approximate surface area is 103 Å². The molecule has 0 aromatic heterocycles. The molecule has 1 aromatic rings. The quantitative estimate of drug-likeness (QED) is 0.720. The molecule has 0 N–H and O–H groups in total. The van der Waals surface area contributed by atoms with Crippen molar-refractivity contribution in [3.05, 3.63) is 30.3 Å². The molecule has 0 aliphatic rings. The Bertz CT molecular complexity index is 410. The Morgan fingerprint density at radius 2 is 1.72 bits per heavy atom. The number of alkyl halides is 3. The predicted octanol–water partition coefficient (Wildman–Crippen LogP) is 3.75. The Morgan fingerprint density at radius 1 is 1.22 bits per heavy atom. The number of rotatable bonds is 1. The third kappa shape index (κ3) is 3.94. The highest BCUT2D eigenvalue weighted by molar-refractivity contribution is 5.88. The number of anilines is 1. The van der Waals surface area contributed by atoms with Crippen LogP contribution in [0.1, 0.15) is 20.8 Å². The summed E-state index contributed by atoms with van der Waals surface area (Å²) in [6, 6.07) is 7.43. The fourth-order valence-electron chi connectivity index (χ4n) is 1.19. The van der Waals surface area contributed by atoms with Crippen LogP contribution in [0, 0.1) is 6.07 Å². The molecule has 0 aliphatic heterocycles. The topological polar surface area (TPSA) is 29.5 Å². The molecule has 0 unspecified atom stereocenters. The van der Waals surface area contributed by atoms with Gasteiger partial charge in [-0.2, -0.15) is 4.90 Å². The van der Waals surface area contributed by atoms with Crippen LogP contribution in [-0.2, 0) is 4.74 Å². The van der Waals surface area contributed by atoms with Crippen molar-refractivity contribution in [3.63, 3.8) is 0 Å². The van der Waals surface area contributed by atoms with Crippen molar-refractivity contribution < 1.29 is 22.7 Å². The minimum atomic E-state index is -4.84. The van der Waals surface area contributed by atoms with Crippen molar-refractivity contribution in [1.29, 1.82) is 0 Å². The number of carbonyl (C=O) groups is 1. The van der Waals surface area contributed by atoms with E-state index in [0.29, 0.717) is 0 Å². The van der Waals surface area contributed by atoms with Crippen molar-refractivity contribution in [2.45, 2.75) is 32.7 Å². The number of carbonyl (C=O) groups excluding carboxylic acids is 1. The van der Waals surface area contributed by atoms with E-state index in [2.05, 4.69) is 6.07 Å². The number of ether oxygens (including phenoxy) is 1. The van der Waals surface area contributed by atoms with Crippen molar-refractivity contribution in [2.75, 3.05) is 4.90 Å². The molecular weight excluding hydrogens is 247 g/mol. The lowest BCUT2D eigenvalue weighted by atomic mass is 10.2. The summed E-state index contributed by atoms with van der Waals surface area (Å²) in [7, 11) is 0. The maximum Gasteiger partial charge on any atom is 0.494 e. The van der Waals surface area contributed by atoms with Crippen LogP contribution in [0.25, 0.3) is 0 Å². The minimum absolute atomic E-state index is 0.310. The standard InChI is InChI=1S/C12H13F3NO2/c1-11(2,3)18-10(17)16(12(13,14)15)9-7-5-4-6-8-9/h5-8H,1-3H3. The third-order valence-electron chi connectivity index (χ3n) is 1.79. The molecule has 0 fully saturated rings. The molecule has 1 amide bonds. The van der Waals surface area contributed by atoms with E-state index in [9.17, 15) is 18.0 Å². The molecule has 0 heterocycles. The average molecular weight is 260 g/mol. The lowest BCUT2D eigenvalue weighted by Gasteiger charge is -2.28. The number of benzene rings is 1. The normalized spacial score (nSPS) is 12.1. The van der Waals surface area contributed by atoms with E-state index in [1.54, 1.807) is 0 Å². The molecule has 99 valence electrons. The number of amides is 1. The van der Waals surface area contributed by atoms with Crippen LogP contribution >= 0.6 is 0 Å². The van der Waals surface area contributed by atoms with Gasteiger partial charge in [0, 0.05) is 0 Å². The first kappa shape index (κ1) is 14.3. The van der Waals surface area contributed by atoms with E-state index >= 15 is 0 Å². The van der Waals surface area contributed by atoms with Crippen molar-refractivity contribution in [1.82, 2.24) is 0 Å². The molecule has 0 saturated carbocycles. The molecule has 1 radical (unpaired) electrons. The lowest BCUT2D eigenvalue weighted by molar-refractivity contribution is -0.127. The van der Waals surface area contributed by atoms with Crippen LogP contribution in [0.5, 0.6) is 0 Å². The van der Waals surface area contributed by atoms with Crippen molar-refractivity contribution in [3.8, 4) is 0 Å². The van der Waals surface area contributed by atoms with Gasteiger partial charge in [-0.25, -0.2) is 4.79 Å². The van der Waals surface area contributed by atoms with Gasteiger partial charge in [0.2, 0.25) is 0 Å². The maximum absolute atomic E-state index is 12.8. The van der Waals surface area contributed by atoms with Gasteiger partial charge in [0.25, 0.3) is 0 Å². The second-order valence-corrected chi connectivity index (χ2v) is 4.54. The maximum atomic E-state index is 12.8. The van der Waals surface area contributed by atoms with Crippen LogP contribution in [-0.4, -0.2) is 18.0 Å². The van der Waals surface area contributed by atoms with Gasteiger partial charge in [0.15, 0.2) is 0 Å². The van der Waals surface area contributed by atoms with E-state index < -0.39 is 18.0 Å².